The zero-order chi connectivity index (χ0) is 20.6. The summed E-state index contributed by atoms with van der Waals surface area (Å²) in [5.74, 6) is 0.271. The molecule has 1 spiro atoms. The summed E-state index contributed by atoms with van der Waals surface area (Å²) in [4.78, 5) is 26.1. The van der Waals surface area contributed by atoms with Gasteiger partial charge in [0, 0.05) is 38.0 Å². The van der Waals surface area contributed by atoms with Gasteiger partial charge in [-0.2, -0.15) is 4.31 Å². The molecule has 0 aliphatic carbocycles. The fourth-order valence-electron chi connectivity index (χ4n) is 4.46. The van der Waals surface area contributed by atoms with Crippen molar-refractivity contribution in [3.63, 3.8) is 0 Å². The normalized spacial score (nSPS) is 26.2. The molecule has 3 aliphatic heterocycles. The molecule has 1 aromatic carbocycles. The highest BCUT2D eigenvalue weighted by Gasteiger charge is 2.44. The molecule has 0 bridgehead atoms. The Morgan fingerprint density at radius 3 is 2.66 bits per heavy atom. The molecule has 29 heavy (non-hydrogen) atoms. The van der Waals surface area contributed by atoms with Crippen molar-refractivity contribution in [2.24, 2.45) is 5.41 Å². The van der Waals surface area contributed by atoms with E-state index in [0.717, 1.165) is 0 Å². The van der Waals surface area contributed by atoms with Crippen LogP contribution in [-0.2, 0) is 19.6 Å². The second kappa shape index (κ2) is 7.60. The molecular formula is C20H27N3O5S. The minimum Gasteiger partial charge on any atom is -0.492 e. The van der Waals surface area contributed by atoms with E-state index in [2.05, 4.69) is 5.32 Å². The molecule has 3 heterocycles. The predicted molar refractivity (Wildman–Crippen MR) is 106 cm³/mol. The van der Waals surface area contributed by atoms with Gasteiger partial charge in [-0.05, 0) is 31.4 Å². The Kier molecular flexibility index (Phi) is 5.29. The largest absolute Gasteiger partial charge is 0.492 e. The molecular weight excluding hydrogens is 394 g/mol. The van der Waals surface area contributed by atoms with E-state index in [1.165, 1.54) is 4.31 Å². The standard InChI is InChI=1S/C20H27N3O5S/c1-2-23-13-20(14-28-16-5-3-4-6-17(16)29(23,26)27)9-11-22(12-10-20)19(25)15-7-8-18(24)21-15/h3-6,15H,2,7-14H2,1H3,(H,21,24). The number of likely N-dealkylation sites (tertiary alicyclic amines) is 1. The molecule has 0 radical (unpaired) electrons. The van der Waals surface area contributed by atoms with Crippen LogP contribution in [0.25, 0.3) is 0 Å². The first-order valence-corrected chi connectivity index (χ1v) is 11.6. The number of nitrogens with zero attached hydrogens (tertiary/aromatic N) is 2. The van der Waals surface area contributed by atoms with Crippen LogP contribution in [0, 0.1) is 5.41 Å². The Balaban J connectivity index is 1.52. The lowest BCUT2D eigenvalue weighted by molar-refractivity contribution is -0.137. The molecule has 3 aliphatic rings. The van der Waals surface area contributed by atoms with Gasteiger partial charge in [-0.1, -0.05) is 19.1 Å². The Labute approximate surface area is 171 Å². The maximum atomic E-state index is 13.2. The van der Waals surface area contributed by atoms with Gasteiger partial charge in [-0.15, -0.1) is 0 Å². The van der Waals surface area contributed by atoms with Gasteiger partial charge in [0.25, 0.3) is 0 Å². The van der Waals surface area contributed by atoms with E-state index in [9.17, 15) is 18.0 Å². The molecule has 2 fully saturated rings. The highest BCUT2D eigenvalue weighted by molar-refractivity contribution is 7.89. The van der Waals surface area contributed by atoms with Crippen LogP contribution in [0.5, 0.6) is 5.75 Å². The summed E-state index contributed by atoms with van der Waals surface area (Å²) in [6.07, 6.45) is 2.26. The van der Waals surface area contributed by atoms with E-state index in [0.29, 0.717) is 64.2 Å². The number of piperidine rings is 1. The van der Waals surface area contributed by atoms with Crippen molar-refractivity contribution < 1.29 is 22.7 Å². The topological polar surface area (TPSA) is 96.0 Å². The van der Waals surface area contributed by atoms with E-state index >= 15 is 0 Å². The number of fused-ring (bicyclic) bond motifs is 1. The van der Waals surface area contributed by atoms with Crippen molar-refractivity contribution in [2.45, 2.75) is 43.5 Å². The van der Waals surface area contributed by atoms with Crippen molar-refractivity contribution in [1.29, 1.82) is 0 Å². The Hall–Kier alpha value is -2.13. The first-order valence-electron chi connectivity index (χ1n) is 10.1. The average molecular weight is 422 g/mol. The fourth-order valence-corrected chi connectivity index (χ4v) is 6.16. The summed E-state index contributed by atoms with van der Waals surface area (Å²) < 4.78 is 33.8. The van der Waals surface area contributed by atoms with Crippen LogP contribution in [0.3, 0.4) is 0 Å². The summed E-state index contributed by atoms with van der Waals surface area (Å²) >= 11 is 0. The van der Waals surface area contributed by atoms with Crippen LogP contribution >= 0.6 is 0 Å². The number of sulfonamides is 1. The number of carbonyl (C=O) groups excluding carboxylic acids is 2. The molecule has 0 saturated carbocycles. The Bertz CT molecular complexity index is 908. The minimum atomic E-state index is -3.64. The first kappa shape index (κ1) is 20.2. The van der Waals surface area contributed by atoms with Gasteiger partial charge >= 0.3 is 0 Å². The molecule has 1 unspecified atom stereocenters. The molecule has 2 saturated heterocycles. The quantitative estimate of drug-likeness (QED) is 0.768. The predicted octanol–water partition coefficient (Wildman–Crippen LogP) is 0.977. The number of hydrogen-bond acceptors (Lipinski definition) is 5. The first-order chi connectivity index (χ1) is 13.8. The third kappa shape index (κ3) is 3.73. The number of amides is 2. The van der Waals surface area contributed by atoms with E-state index < -0.39 is 16.1 Å². The number of rotatable bonds is 2. The van der Waals surface area contributed by atoms with E-state index in [4.69, 9.17) is 4.74 Å². The van der Waals surface area contributed by atoms with Crippen LogP contribution in [0.15, 0.2) is 29.2 Å². The van der Waals surface area contributed by atoms with Crippen molar-refractivity contribution in [2.75, 3.05) is 32.8 Å². The van der Waals surface area contributed by atoms with E-state index in [-0.39, 0.29) is 22.1 Å². The van der Waals surface area contributed by atoms with Crippen molar-refractivity contribution in [3.05, 3.63) is 24.3 Å². The zero-order valence-corrected chi connectivity index (χ0v) is 17.4. The van der Waals surface area contributed by atoms with Gasteiger partial charge in [-0.3, -0.25) is 9.59 Å². The van der Waals surface area contributed by atoms with Crippen LogP contribution in [0.2, 0.25) is 0 Å². The van der Waals surface area contributed by atoms with Crippen molar-refractivity contribution >= 4 is 21.8 Å². The lowest BCUT2D eigenvalue weighted by Crippen LogP contribution is -2.54. The summed E-state index contributed by atoms with van der Waals surface area (Å²) in [6.45, 7) is 4.09. The van der Waals surface area contributed by atoms with Crippen LogP contribution in [-0.4, -0.2) is 68.3 Å². The van der Waals surface area contributed by atoms with Crippen LogP contribution < -0.4 is 10.1 Å². The second-order valence-electron chi connectivity index (χ2n) is 8.15. The molecule has 4 rings (SSSR count). The average Bonchev–Trinajstić information content (AvgIpc) is 3.16. The number of hydrogen-bond donors (Lipinski definition) is 1. The molecule has 1 aromatic rings. The SMILES string of the molecule is CCN1CC2(CCN(C(=O)C3CCC(=O)N3)CC2)COc2ccccc2S1(=O)=O. The number of nitrogens with one attached hydrogen (secondary N) is 1. The minimum absolute atomic E-state index is 0.0391. The van der Waals surface area contributed by atoms with Crippen molar-refractivity contribution in [1.82, 2.24) is 14.5 Å². The summed E-state index contributed by atoms with van der Waals surface area (Å²) in [7, 11) is -3.64. The van der Waals surface area contributed by atoms with Gasteiger partial charge in [0.15, 0.2) is 0 Å². The summed E-state index contributed by atoms with van der Waals surface area (Å²) in [5, 5.41) is 2.74. The summed E-state index contributed by atoms with van der Waals surface area (Å²) in [6, 6.07) is 6.33. The lowest BCUT2D eigenvalue weighted by atomic mass is 9.78. The smallest absolute Gasteiger partial charge is 0.246 e. The number of ether oxygens (including phenoxy) is 1. The third-order valence-electron chi connectivity index (χ3n) is 6.29. The molecule has 158 valence electrons. The zero-order valence-electron chi connectivity index (χ0n) is 16.6. The van der Waals surface area contributed by atoms with Crippen LogP contribution in [0.4, 0.5) is 0 Å². The van der Waals surface area contributed by atoms with Gasteiger partial charge in [0.05, 0.1) is 6.61 Å². The van der Waals surface area contributed by atoms with Crippen molar-refractivity contribution in [3.8, 4) is 5.75 Å². The van der Waals surface area contributed by atoms with Gasteiger partial charge in [-0.25, -0.2) is 8.42 Å². The lowest BCUT2D eigenvalue weighted by Gasteiger charge is -2.45. The molecule has 0 aromatic heterocycles. The second-order valence-corrected chi connectivity index (χ2v) is 10.1. The molecule has 8 nitrogen and oxygen atoms in total. The maximum Gasteiger partial charge on any atom is 0.246 e. The fraction of sp³-hybridized carbons (Fsp3) is 0.600. The van der Waals surface area contributed by atoms with E-state index in [1.54, 1.807) is 29.2 Å². The Morgan fingerprint density at radius 1 is 1.28 bits per heavy atom. The van der Waals surface area contributed by atoms with Gasteiger partial charge in [0.2, 0.25) is 21.8 Å². The monoisotopic (exact) mass is 421 g/mol. The number of benzene rings is 1. The number of para-hydroxylation sites is 1. The van der Waals surface area contributed by atoms with Gasteiger partial charge in [0.1, 0.15) is 16.7 Å². The molecule has 1 atom stereocenters. The molecule has 2 amide bonds. The van der Waals surface area contributed by atoms with Gasteiger partial charge < -0.3 is 15.0 Å². The molecule has 9 heteroatoms. The number of carbonyl (C=O) groups is 2. The third-order valence-corrected chi connectivity index (χ3v) is 8.25. The maximum absolute atomic E-state index is 13.2. The van der Waals surface area contributed by atoms with E-state index in [1.807, 2.05) is 6.92 Å². The molecule has 1 N–H and O–H groups in total. The Morgan fingerprint density at radius 2 is 2.00 bits per heavy atom. The highest BCUT2D eigenvalue weighted by Crippen LogP contribution is 2.39. The summed E-state index contributed by atoms with van der Waals surface area (Å²) in [5.41, 5.74) is -0.341. The van der Waals surface area contributed by atoms with Crippen LogP contribution in [0.1, 0.15) is 32.6 Å². The highest BCUT2D eigenvalue weighted by atomic mass is 32.2.